The molecule has 0 aromatic carbocycles. The molecule has 15 heavy (non-hydrogen) atoms. The highest BCUT2D eigenvalue weighted by Crippen LogP contribution is 2.21. The van der Waals surface area contributed by atoms with Crippen molar-refractivity contribution >= 4 is 0 Å². The molecule has 8 nitrogen and oxygen atoms in total. The Labute approximate surface area is 85.7 Å². The number of nitrogens with zero attached hydrogens (tertiary/aromatic N) is 3. The van der Waals surface area contributed by atoms with Gasteiger partial charge in [0.2, 0.25) is 0 Å². The van der Waals surface area contributed by atoms with Crippen LogP contribution in [0, 0.1) is 0 Å². The molecule has 0 aliphatic carbocycles. The van der Waals surface area contributed by atoms with Crippen LogP contribution in [0.2, 0.25) is 0 Å². The Morgan fingerprint density at radius 2 is 2.00 bits per heavy atom. The molecule has 3 N–H and O–H groups in total. The van der Waals surface area contributed by atoms with Crippen LogP contribution in [0.25, 0.3) is 10.4 Å². The Hall–Kier alpha value is -0.890. The smallest absolute Gasteiger partial charge is 0.186 e. The van der Waals surface area contributed by atoms with E-state index in [-0.39, 0.29) is 6.54 Å². The minimum atomic E-state index is -1.39. The molecule has 0 bridgehead atoms. The number of methoxy groups -OCH3 is 1. The fourth-order valence-corrected chi connectivity index (χ4v) is 1.38. The third-order valence-corrected chi connectivity index (χ3v) is 2.23. The van der Waals surface area contributed by atoms with Gasteiger partial charge in [0.15, 0.2) is 6.29 Å². The Balaban J connectivity index is 2.69. The Kier molecular flexibility index (Phi) is 4.28. The molecule has 1 aliphatic rings. The lowest BCUT2D eigenvalue weighted by atomic mass is 9.99. The van der Waals surface area contributed by atoms with Crippen LogP contribution >= 0.6 is 0 Å². The summed E-state index contributed by atoms with van der Waals surface area (Å²) in [5.74, 6) is 0. The number of ether oxygens (including phenoxy) is 2. The fourth-order valence-electron chi connectivity index (χ4n) is 1.38. The lowest BCUT2D eigenvalue weighted by molar-refractivity contribution is -0.287. The highest BCUT2D eigenvalue weighted by molar-refractivity contribution is 4.89. The first-order chi connectivity index (χ1) is 7.11. The van der Waals surface area contributed by atoms with Crippen molar-refractivity contribution in [3.8, 4) is 0 Å². The molecule has 0 saturated carbocycles. The Morgan fingerprint density at radius 3 is 2.53 bits per heavy atom. The largest absolute Gasteiger partial charge is 0.388 e. The summed E-state index contributed by atoms with van der Waals surface area (Å²) in [4.78, 5) is 2.51. The molecular formula is C7H13N3O5. The maximum absolute atomic E-state index is 9.47. The van der Waals surface area contributed by atoms with Gasteiger partial charge in [0.05, 0.1) is 12.6 Å². The van der Waals surface area contributed by atoms with Gasteiger partial charge in [-0.25, -0.2) is 0 Å². The third-order valence-electron chi connectivity index (χ3n) is 2.23. The van der Waals surface area contributed by atoms with E-state index in [1.54, 1.807) is 0 Å². The van der Waals surface area contributed by atoms with Crippen molar-refractivity contribution in [3.63, 3.8) is 0 Å². The quantitative estimate of drug-likeness (QED) is 0.310. The van der Waals surface area contributed by atoms with E-state index in [9.17, 15) is 15.3 Å². The van der Waals surface area contributed by atoms with Crippen molar-refractivity contribution in [2.24, 2.45) is 5.11 Å². The van der Waals surface area contributed by atoms with Gasteiger partial charge < -0.3 is 24.8 Å². The van der Waals surface area contributed by atoms with Crippen molar-refractivity contribution < 1.29 is 24.8 Å². The van der Waals surface area contributed by atoms with Crippen LogP contribution in [-0.2, 0) is 9.47 Å². The molecule has 0 aromatic heterocycles. The van der Waals surface area contributed by atoms with Crippen LogP contribution in [0.3, 0.4) is 0 Å². The van der Waals surface area contributed by atoms with Crippen LogP contribution in [-0.4, -0.2) is 59.7 Å². The highest BCUT2D eigenvalue weighted by Gasteiger charge is 2.43. The first-order valence-corrected chi connectivity index (χ1v) is 4.35. The van der Waals surface area contributed by atoms with Gasteiger partial charge in [-0.3, -0.25) is 0 Å². The van der Waals surface area contributed by atoms with E-state index >= 15 is 0 Å². The zero-order chi connectivity index (χ0) is 11.4. The molecular weight excluding hydrogens is 206 g/mol. The zero-order valence-electron chi connectivity index (χ0n) is 8.09. The standard InChI is InChI=1S/C7H13N3O5/c1-14-7-6(13)5(12)4(11)3(15-7)2-9-10-8/h3-7,11-13H,2H2,1H3/t3?,4-,5?,6?,7+/m1/s1. The number of aliphatic hydroxyl groups excluding tert-OH is 3. The van der Waals surface area contributed by atoms with Gasteiger partial charge in [-0.05, 0) is 5.53 Å². The molecule has 0 radical (unpaired) electrons. The fraction of sp³-hybridized carbons (Fsp3) is 1.00. The summed E-state index contributed by atoms with van der Waals surface area (Å²) in [5.41, 5.74) is 8.10. The van der Waals surface area contributed by atoms with Gasteiger partial charge in [0.25, 0.3) is 0 Å². The van der Waals surface area contributed by atoms with E-state index in [2.05, 4.69) is 10.0 Å². The Bertz CT molecular complexity index is 255. The number of hydrogen-bond acceptors (Lipinski definition) is 6. The molecule has 0 amide bonds. The van der Waals surface area contributed by atoms with E-state index in [1.165, 1.54) is 7.11 Å². The predicted molar refractivity (Wildman–Crippen MR) is 47.7 cm³/mol. The van der Waals surface area contributed by atoms with Crippen LogP contribution in [0.15, 0.2) is 5.11 Å². The predicted octanol–water partition coefficient (Wildman–Crippen LogP) is -1.25. The third kappa shape index (κ3) is 2.57. The monoisotopic (exact) mass is 219 g/mol. The topological polar surface area (TPSA) is 128 Å². The summed E-state index contributed by atoms with van der Waals surface area (Å²) in [6, 6.07) is 0. The zero-order valence-corrected chi connectivity index (χ0v) is 8.09. The second kappa shape index (κ2) is 5.26. The van der Waals surface area contributed by atoms with Gasteiger partial charge in [0, 0.05) is 12.0 Å². The number of rotatable bonds is 3. The molecule has 1 saturated heterocycles. The maximum atomic E-state index is 9.47. The van der Waals surface area contributed by atoms with E-state index < -0.39 is 30.7 Å². The second-order valence-electron chi connectivity index (χ2n) is 3.16. The summed E-state index contributed by atoms with van der Waals surface area (Å²) in [5, 5.41) is 31.5. The highest BCUT2D eigenvalue weighted by atomic mass is 16.7. The first kappa shape index (κ1) is 12.2. The van der Waals surface area contributed by atoms with Gasteiger partial charge in [-0.2, -0.15) is 0 Å². The summed E-state index contributed by atoms with van der Waals surface area (Å²) < 4.78 is 9.84. The van der Waals surface area contributed by atoms with Crippen molar-refractivity contribution in [3.05, 3.63) is 10.4 Å². The van der Waals surface area contributed by atoms with Crippen LogP contribution in [0.4, 0.5) is 0 Å². The van der Waals surface area contributed by atoms with Crippen molar-refractivity contribution in [1.29, 1.82) is 0 Å². The maximum Gasteiger partial charge on any atom is 0.186 e. The van der Waals surface area contributed by atoms with Crippen LogP contribution < -0.4 is 0 Å². The number of azide groups is 1. The molecule has 1 fully saturated rings. The lowest BCUT2D eigenvalue weighted by Crippen LogP contribution is -2.58. The number of hydrogen-bond donors (Lipinski definition) is 3. The van der Waals surface area contributed by atoms with E-state index in [1.807, 2.05) is 0 Å². The minimum Gasteiger partial charge on any atom is -0.388 e. The molecule has 1 heterocycles. The number of aliphatic hydroxyl groups is 3. The molecule has 0 aromatic rings. The average Bonchev–Trinajstić information content (AvgIpc) is 2.25. The van der Waals surface area contributed by atoms with Gasteiger partial charge in [0.1, 0.15) is 18.3 Å². The molecule has 0 spiro atoms. The van der Waals surface area contributed by atoms with E-state index in [4.69, 9.17) is 15.0 Å². The minimum absolute atomic E-state index is 0.138. The normalized spacial score (nSPS) is 40.9. The molecule has 5 atom stereocenters. The van der Waals surface area contributed by atoms with Crippen molar-refractivity contribution in [2.75, 3.05) is 13.7 Å². The van der Waals surface area contributed by atoms with Gasteiger partial charge >= 0.3 is 0 Å². The summed E-state index contributed by atoms with van der Waals surface area (Å²) in [6.45, 7) is -0.138. The summed E-state index contributed by atoms with van der Waals surface area (Å²) >= 11 is 0. The summed E-state index contributed by atoms with van der Waals surface area (Å²) in [7, 11) is 1.29. The van der Waals surface area contributed by atoms with Gasteiger partial charge in [-0.1, -0.05) is 5.11 Å². The molecule has 1 rings (SSSR count). The second-order valence-corrected chi connectivity index (χ2v) is 3.16. The van der Waals surface area contributed by atoms with E-state index in [0.717, 1.165) is 0 Å². The van der Waals surface area contributed by atoms with Crippen molar-refractivity contribution in [2.45, 2.75) is 30.7 Å². The summed E-state index contributed by atoms with van der Waals surface area (Å²) in [6.07, 6.45) is -5.95. The van der Waals surface area contributed by atoms with Crippen molar-refractivity contribution in [1.82, 2.24) is 0 Å². The molecule has 3 unspecified atom stereocenters. The average molecular weight is 219 g/mol. The van der Waals surface area contributed by atoms with Crippen LogP contribution in [0.5, 0.6) is 0 Å². The molecule has 86 valence electrons. The first-order valence-electron chi connectivity index (χ1n) is 4.35. The van der Waals surface area contributed by atoms with Gasteiger partial charge in [-0.15, -0.1) is 0 Å². The SMILES string of the molecule is CO[C@H]1OC(CN=[N+]=[N-])[C@@H](O)C(O)C1O. The van der Waals surface area contributed by atoms with Crippen LogP contribution in [0.1, 0.15) is 0 Å². The molecule has 8 heteroatoms. The van der Waals surface area contributed by atoms with E-state index in [0.29, 0.717) is 0 Å². The molecule has 1 aliphatic heterocycles. The lowest BCUT2D eigenvalue weighted by Gasteiger charge is -2.39. The Morgan fingerprint density at radius 1 is 1.33 bits per heavy atom.